The summed E-state index contributed by atoms with van der Waals surface area (Å²) in [5.41, 5.74) is 0. The first-order valence-corrected chi connectivity index (χ1v) is 51.8. The lowest BCUT2D eigenvalue weighted by atomic mass is 10.0. The molecule has 5 atom stereocenters. The molecular weight excluding hydrogens is 1560 g/mol. The molecule has 0 spiro atoms. The van der Waals surface area contributed by atoms with Crippen LogP contribution in [-0.2, 0) is 55.8 Å². The van der Waals surface area contributed by atoms with Crippen LogP contribution in [0.4, 0.5) is 0 Å². The number of phosphoric ester groups is 2. The molecule has 0 heterocycles. The van der Waals surface area contributed by atoms with Crippen molar-refractivity contribution in [3.05, 3.63) is 158 Å². The van der Waals surface area contributed by atoms with Gasteiger partial charge in [-0.05, 0) is 154 Å². The highest BCUT2D eigenvalue weighted by atomic mass is 31.2. The second-order valence-electron chi connectivity index (χ2n) is 32.5. The zero-order valence-electron chi connectivity index (χ0n) is 76.9. The van der Waals surface area contributed by atoms with Crippen molar-refractivity contribution in [3.63, 3.8) is 0 Å². The lowest BCUT2D eigenvalue weighted by Gasteiger charge is -2.21. The third-order valence-corrected chi connectivity index (χ3v) is 22.6. The van der Waals surface area contributed by atoms with E-state index in [9.17, 15) is 43.5 Å². The number of allylic oxidation sites excluding steroid dienone is 26. The fourth-order valence-electron chi connectivity index (χ4n) is 13.3. The van der Waals surface area contributed by atoms with Crippen molar-refractivity contribution in [2.24, 2.45) is 0 Å². The Bertz CT molecular complexity index is 2830. The fraction of sp³-hybridized carbons (Fsp3) is 0.718. The van der Waals surface area contributed by atoms with Crippen LogP contribution in [0.15, 0.2) is 158 Å². The summed E-state index contributed by atoms with van der Waals surface area (Å²) < 4.78 is 61.6. The smallest absolute Gasteiger partial charge is 0.463 e. The quantitative estimate of drug-likeness (QED) is 0.0146. The van der Waals surface area contributed by atoms with E-state index in [-0.39, 0.29) is 19.3 Å². The van der Waals surface area contributed by atoms with E-state index in [0.717, 1.165) is 154 Å². The number of rotatable bonds is 92. The number of carbonyl (C=O) groups is 3. The van der Waals surface area contributed by atoms with Gasteiger partial charge < -0.3 is 34.2 Å². The molecule has 0 aromatic heterocycles. The van der Waals surface area contributed by atoms with Gasteiger partial charge in [0.25, 0.3) is 0 Å². The molecule has 0 saturated carbocycles. The first-order chi connectivity index (χ1) is 59.2. The molecule has 0 aliphatic carbocycles. The molecule has 5 unspecified atom stereocenters. The minimum atomic E-state index is -4.95. The average molecular weight is 1730 g/mol. The number of aliphatic hydroxyl groups is 2. The van der Waals surface area contributed by atoms with E-state index >= 15 is 0 Å². The highest BCUT2D eigenvalue weighted by Crippen LogP contribution is 2.45. The zero-order chi connectivity index (χ0) is 87.9. The largest absolute Gasteiger partial charge is 0.472 e. The van der Waals surface area contributed by atoms with Crippen LogP contribution in [0.2, 0.25) is 0 Å². The molecular formula is C103H178O16P2. The van der Waals surface area contributed by atoms with Crippen molar-refractivity contribution >= 4 is 33.6 Å². The Kier molecular flexibility index (Phi) is 90.5. The zero-order valence-corrected chi connectivity index (χ0v) is 78.7. The normalized spacial score (nSPS) is 14.4. The van der Waals surface area contributed by atoms with Crippen LogP contribution in [0.1, 0.15) is 419 Å². The summed E-state index contributed by atoms with van der Waals surface area (Å²) in [6.45, 7) is 2.56. The van der Waals surface area contributed by atoms with Crippen molar-refractivity contribution in [2.45, 2.75) is 437 Å². The first-order valence-electron chi connectivity index (χ1n) is 48.8. The van der Waals surface area contributed by atoms with Crippen LogP contribution in [0.5, 0.6) is 0 Å². The predicted octanol–water partition coefficient (Wildman–Crippen LogP) is 30.5. The molecule has 0 bridgehead atoms. The molecule has 0 radical (unpaired) electrons. The summed E-state index contributed by atoms with van der Waals surface area (Å²) in [5, 5.41) is 20.8. The molecule has 0 aromatic rings. The molecule has 0 saturated heterocycles. The van der Waals surface area contributed by atoms with Gasteiger partial charge in [0, 0.05) is 19.3 Å². The van der Waals surface area contributed by atoms with Crippen molar-refractivity contribution < 1.29 is 75.8 Å². The molecule has 0 aliphatic heterocycles. The number of ether oxygens (including phenoxy) is 3. The molecule has 16 nitrogen and oxygen atoms in total. The lowest BCUT2D eigenvalue weighted by Crippen LogP contribution is -2.30. The molecule has 121 heavy (non-hydrogen) atoms. The number of hydrogen-bond acceptors (Lipinski definition) is 14. The molecule has 0 fully saturated rings. The monoisotopic (exact) mass is 1730 g/mol. The maximum absolute atomic E-state index is 13.1. The molecule has 696 valence electrons. The third kappa shape index (κ3) is 95.7. The van der Waals surface area contributed by atoms with Crippen LogP contribution >= 0.6 is 15.6 Å². The number of aliphatic hydroxyl groups excluding tert-OH is 2. The van der Waals surface area contributed by atoms with Gasteiger partial charge in [0.2, 0.25) is 0 Å². The standard InChI is InChI=1S/C103H178O16P2/c1-4-7-10-13-16-19-22-25-28-31-34-37-40-42-44-46-48-50-52-54-57-59-62-65-68-71-74-77-80-83-86-89-101(106)113-92-98(104)93-115-120(109,110)116-94-99(105)95-117-121(111,112)118-97-100(119-103(108)91-88-85-82-79-76-73-70-67-64-61-56-39-36-33-30-27-24-21-18-15-12-9-6-3)96-114-102(107)90-87-84-81-78-75-72-69-66-63-60-58-55-53-51-49-47-45-43-41-38-35-32-29-26-23-20-17-14-11-8-5-2/h9,12,16-21,25-30,34-39,42-45,61,64,98-100,104-105H,4-8,10-11,13-15,22-24,31-33,40-41,46-60,62-63,65-97H2,1-3H3,(H,109,110)(H,111,112)/b12-9-,19-16-,20-17-,21-18-,28-25-,29-26-,30-27-,37-34-,38-35-,39-36-,44-42-,45-43-,64-61-. The minimum Gasteiger partial charge on any atom is -0.463 e. The van der Waals surface area contributed by atoms with Gasteiger partial charge in [-0.25, -0.2) is 9.13 Å². The second kappa shape index (κ2) is 94.3. The Hall–Kier alpha value is -4.83. The minimum absolute atomic E-state index is 0.0886. The average Bonchev–Trinajstić information content (AvgIpc) is 0.898. The Labute approximate surface area is 740 Å². The predicted molar refractivity (Wildman–Crippen MR) is 509 cm³/mol. The number of esters is 3. The highest BCUT2D eigenvalue weighted by Gasteiger charge is 2.30. The van der Waals surface area contributed by atoms with Gasteiger partial charge in [-0.15, -0.1) is 0 Å². The Morgan fingerprint density at radius 2 is 0.438 bits per heavy atom. The third-order valence-electron chi connectivity index (χ3n) is 20.7. The molecule has 0 aromatic carbocycles. The SMILES string of the molecule is CC/C=C\C/C=C\C/C=C\C/C=C\C/C=C\CCCCCCCCCC(=O)OC(COC(=O)CCCCCCCCCCCCCCCCC/C=C\C/C=C\C/C=C\C/C=C\CCCCC)COP(=O)(O)OCC(O)COP(=O)(O)OCC(O)COC(=O)CCCCCCCCCCCCCCCCC/C=C\C/C=C\C/C=C\C/C=C\CCCCC. The van der Waals surface area contributed by atoms with E-state index < -0.39 is 91.5 Å². The Morgan fingerprint density at radius 1 is 0.240 bits per heavy atom. The summed E-state index contributed by atoms with van der Waals surface area (Å²) in [7, 11) is -9.82. The Morgan fingerprint density at radius 3 is 0.694 bits per heavy atom. The summed E-state index contributed by atoms with van der Waals surface area (Å²) in [6, 6.07) is 0. The van der Waals surface area contributed by atoms with Crippen LogP contribution in [0.25, 0.3) is 0 Å². The van der Waals surface area contributed by atoms with Crippen LogP contribution in [-0.4, -0.2) is 95.9 Å². The van der Waals surface area contributed by atoms with Crippen molar-refractivity contribution in [2.75, 3.05) is 39.6 Å². The first kappa shape index (κ1) is 116. The molecule has 4 N–H and O–H groups in total. The Balaban J connectivity index is 4.60. The van der Waals surface area contributed by atoms with Crippen molar-refractivity contribution in [1.82, 2.24) is 0 Å². The van der Waals surface area contributed by atoms with E-state index in [1.54, 1.807) is 0 Å². The topological polar surface area (TPSA) is 231 Å². The molecule has 0 aliphatic rings. The maximum Gasteiger partial charge on any atom is 0.472 e. The van der Waals surface area contributed by atoms with E-state index in [0.29, 0.717) is 19.3 Å². The number of unbranched alkanes of at least 4 members (excludes halogenated alkanes) is 43. The fourth-order valence-corrected chi connectivity index (χ4v) is 14.9. The van der Waals surface area contributed by atoms with Gasteiger partial charge in [-0.2, -0.15) is 0 Å². The summed E-state index contributed by atoms with van der Waals surface area (Å²) in [6.07, 6.45) is 121. The maximum atomic E-state index is 13.1. The summed E-state index contributed by atoms with van der Waals surface area (Å²) in [5.74, 6) is -1.58. The highest BCUT2D eigenvalue weighted by molar-refractivity contribution is 7.47. The van der Waals surface area contributed by atoms with E-state index in [1.165, 1.54) is 205 Å². The number of phosphoric acid groups is 2. The molecule has 0 rings (SSSR count). The van der Waals surface area contributed by atoms with Gasteiger partial charge >= 0.3 is 33.6 Å². The van der Waals surface area contributed by atoms with E-state index in [4.69, 9.17) is 32.3 Å². The summed E-state index contributed by atoms with van der Waals surface area (Å²) in [4.78, 5) is 59.1. The summed E-state index contributed by atoms with van der Waals surface area (Å²) >= 11 is 0. The van der Waals surface area contributed by atoms with Crippen LogP contribution < -0.4 is 0 Å². The van der Waals surface area contributed by atoms with Crippen molar-refractivity contribution in [1.29, 1.82) is 0 Å². The van der Waals surface area contributed by atoms with Gasteiger partial charge in [0.05, 0.1) is 26.4 Å². The van der Waals surface area contributed by atoms with Gasteiger partial charge in [0.1, 0.15) is 25.4 Å². The van der Waals surface area contributed by atoms with Gasteiger partial charge in [-0.3, -0.25) is 32.5 Å². The van der Waals surface area contributed by atoms with Crippen LogP contribution in [0.3, 0.4) is 0 Å². The lowest BCUT2D eigenvalue weighted by molar-refractivity contribution is -0.161. The van der Waals surface area contributed by atoms with E-state index in [2.05, 4.69) is 179 Å². The molecule has 0 amide bonds. The van der Waals surface area contributed by atoms with Gasteiger partial charge in [-0.1, -0.05) is 403 Å². The van der Waals surface area contributed by atoms with Crippen molar-refractivity contribution in [3.8, 4) is 0 Å². The molecule has 18 heteroatoms. The number of hydrogen-bond donors (Lipinski definition) is 4. The van der Waals surface area contributed by atoms with Crippen LogP contribution in [0, 0.1) is 0 Å². The number of carbonyl (C=O) groups excluding carboxylic acids is 3. The van der Waals surface area contributed by atoms with Gasteiger partial charge in [0.15, 0.2) is 6.10 Å². The second-order valence-corrected chi connectivity index (χ2v) is 35.4. The van der Waals surface area contributed by atoms with E-state index in [1.807, 2.05) is 0 Å².